The van der Waals surface area contributed by atoms with Crippen molar-refractivity contribution in [3.05, 3.63) is 29.8 Å². The molecule has 21 heavy (non-hydrogen) atoms. The van der Waals surface area contributed by atoms with Crippen molar-refractivity contribution in [2.24, 2.45) is 5.41 Å². The van der Waals surface area contributed by atoms with Crippen molar-refractivity contribution in [3.63, 3.8) is 0 Å². The van der Waals surface area contributed by atoms with Crippen molar-refractivity contribution in [3.8, 4) is 0 Å². The second-order valence-electron chi connectivity index (χ2n) is 5.90. The number of nitrogen functional groups attached to an aromatic ring is 1. The number of aryl methyl sites for hydroxylation is 1. The van der Waals surface area contributed by atoms with Gasteiger partial charge in [0, 0.05) is 32.2 Å². The highest BCUT2D eigenvalue weighted by Crippen LogP contribution is 2.30. The number of amides is 2. The van der Waals surface area contributed by atoms with E-state index in [1.165, 1.54) is 0 Å². The van der Waals surface area contributed by atoms with Crippen LogP contribution in [0.4, 0.5) is 5.69 Å². The van der Waals surface area contributed by atoms with Gasteiger partial charge in [-0.05, 0) is 31.4 Å². The minimum atomic E-state index is -0.462. The number of rotatable bonds is 4. The van der Waals surface area contributed by atoms with Gasteiger partial charge in [-0.2, -0.15) is 0 Å². The Labute approximate surface area is 125 Å². The second kappa shape index (κ2) is 6.16. The summed E-state index contributed by atoms with van der Waals surface area (Å²) in [5.41, 5.74) is 7.14. The Kier molecular flexibility index (Phi) is 4.50. The number of nitrogens with two attached hydrogens (primary N) is 1. The van der Waals surface area contributed by atoms with Gasteiger partial charge in [-0.3, -0.25) is 9.59 Å². The van der Waals surface area contributed by atoms with E-state index in [0.717, 1.165) is 11.3 Å². The summed E-state index contributed by atoms with van der Waals surface area (Å²) in [7, 11) is 1.64. The standard InChI is InChI=1S/C16H23N3O2/c1-16(15(21)18-2)9-10-19(11-16)14(20)8-7-12-5-3-4-6-13(12)17/h3-6H,7-11,17H2,1-2H3,(H,18,21). The van der Waals surface area contributed by atoms with Crippen molar-refractivity contribution in [2.75, 3.05) is 25.9 Å². The molecule has 1 aliphatic heterocycles. The zero-order valence-electron chi connectivity index (χ0n) is 12.7. The molecule has 0 radical (unpaired) electrons. The predicted octanol–water partition coefficient (Wildman–Crippen LogP) is 1.19. The lowest BCUT2D eigenvalue weighted by Crippen LogP contribution is -2.40. The van der Waals surface area contributed by atoms with Gasteiger partial charge in [0.2, 0.25) is 11.8 Å². The van der Waals surface area contributed by atoms with Crippen LogP contribution in [0, 0.1) is 5.41 Å². The van der Waals surface area contributed by atoms with Crippen LogP contribution in [0.25, 0.3) is 0 Å². The third-order valence-corrected chi connectivity index (χ3v) is 4.26. The topological polar surface area (TPSA) is 75.4 Å². The molecule has 1 fully saturated rings. The smallest absolute Gasteiger partial charge is 0.227 e. The summed E-state index contributed by atoms with van der Waals surface area (Å²) in [6.45, 7) is 3.05. The number of hydrogen-bond donors (Lipinski definition) is 2. The fraction of sp³-hybridized carbons (Fsp3) is 0.500. The lowest BCUT2D eigenvalue weighted by molar-refractivity contribution is -0.132. The van der Waals surface area contributed by atoms with Gasteiger partial charge in [0.1, 0.15) is 0 Å². The molecule has 2 rings (SSSR count). The van der Waals surface area contributed by atoms with Crippen molar-refractivity contribution < 1.29 is 9.59 Å². The van der Waals surface area contributed by atoms with Crippen molar-refractivity contribution >= 4 is 17.5 Å². The van der Waals surface area contributed by atoms with E-state index in [1.807, 2.05) is 31.2 Å². The summed E-state index contributed by atoms with van der Waals surface area (Å²) >= 11 is 0. The molecule has 5 nitrogen and oxygen atoms in total. The zero-order valence-corrected chi connectivity index (χ0v) is 12.7. The van der Waals surface area contributed by atoms with Crippen LogP contribution in [0.15, 0.2) is 24.3 Å². The van der Waals surface area contributed by atoms with E-state index in [2.05, 4.69) is 5.32 Å². The number of carbonyl (C=O) groups is 2. The summed E-state index contributed by atoms with van der Waals surface area (Å²) in [6, 6.07) is 7.60. The van der Waals surface area contributed by atoms with Crippen molar-refractivity contribution in [1.29, 1.82) is 0 Å². The molecule has 1 saturated heterocycles. The van der Waals surface area contributed by atoms with Crippen LogP contribution in [-0.2, 0) is 16.0 Å². The van der Waals surface area contributed by atoms with Crippen molar-refractivity contribution in [2.45, 2.75) is 26.2 Å². The maximum atomic E-state index is 12.3. The molecule has 1 aromatic rings. The Morgan fingerprint density at radius 3 is 2.76 bits per heavy atom. The molecule has 1 heterocycles. The van der Waals surface area contributed by atoms with E-state index in [-0.39, 0.29) is 11.8 Å². The van der Waals surface area contributed by atoms with Crippen LogP contribution < -0.4 is 11.1 Å². The number of carbonyl (C=O) groups excluding carboxylic acids is 2. The fourth-order valence-corrected chi connectivity index (χ4v) is 2.82. The van der Waals surface area contributed by atoms with E-state index < -0.39 is 5.41 Å². The molecule has 114 valence electrons. The molecule has 0 saturated carbocycles. The average molecular weight is 289 g/mol. The van der Waals surface area contributed by atoms with Gasteiger partial charge >= 0.3 is 0 Å². The first-order valence-corrected chi connectivity index (χ1v) is 7.29. The Morgan fingerprint density at radius 2 is 2.10 bits per heavy atom. The first-order valence-electron chi connectivity index (χ1n) is 7.29. The van der Waals surface area contributed by atoms with Crippen molar-refractivity contribution in [1.82, 2.24) is 10.2 Å². The predicted molar refractivity (Wildman–Crippen MR) is 82.5 cm³/mol. The molecule has 5 heteroatoms. The Balaban J connectivity index is 1.91. The molecule has 0 bridgehead atoms. The monoisotopic (exact) mass is 289 g/mol. The highest BCUT2D eigenvalue weighted by molar-refractivity contribution is 5.84. The molecule has 2 amide bonds. The minimum Gasteiger partial charge on any atom is -0.399 e. The van der Waals surface area contributed by atoms with Gasteiger partial charge in [0.15, 0.2) is 0 Å². The van der Waals surface area contributed by atoms with Crippen LogP contribution >= 0.6 is 0 Å². The highest BCUT2D eigenvalue weighted by atomic mass is 16.2. The number of nitrogens with zero attached hydrogens (tertiary/aromatic N) is 1. The quantitative estimate of drug-likeness (QED) is 0.817. The van der Waals surface area contributed by atoms with Gasteiger partial charge in [0.05, 0.1) is 5.41 Å². The van der Waals surface area contributed by atoms with Gasteiger partial charge in [-0.25, -0.2) is 0 Å². The summed E-state index contributed by atoms with van der Waals surface area (Å²) < 4.78 is 0. The van der Waals surface area contributed by atoms with E-state index >= 15 is 0 Å². The van der Waals surface area contributed by atoms with Crippen LogP contribution in [-0.4, -0.2) is 36.9 Å². The number of para-hydroxylation sites is 1. The summed E-state index contributed by atoms with van der Waals surface area (Å²) in [5, 5.41) is 2.68. The van der Waals surface area contributed by atoms with Gasteiger partial charge in [-0.15, -0.1) is 0 Å². The lowest BCUT2D eigenvalue weighted by atomic mass is 9.89. The number of anilines is 1. The molecule has 0 spiro atoms. The first-order chi connectivity index (χ1) is 9.96. The summed E-state index contributed by atoms with van der Waals surface area (Å²) in [5.74, 6) is 0.0935. The molecule has 3 N–H and O–H groups in total. The van der Waals surface area contributed by atoms with Gasteiger partial charge in [-0.1, -0.05) is 18.2 Å². The number of nitrogens with one attached hydrogen (secondary N) is 1. The van der Waals surface area contributed by atoms with Crippen LogP contribution in [0.3, 0.4) is 0 Å². The fourth-order valence-electron chi connectivity index (χ4n) is 2.82. The van der Waals surface area contributed by atoms with Gasteiger partial charge in [0.25, 0.3) is 0 Å². The average Bonchev–Trinajstić information content (AvgIpc) is 2.89. The molecule has 1 atom stereocenters. The summed E-state index contributed by atoms with van der Waals surface area (Å²) in [6.07, 6.45) is 1.78. The SMILES string of the molecule is CNC(=O)C1(C)CCN(C(=O)CCc2ccccc2N)C1. The number of benzene rings is 1. The second-order valence-corrected chi connectivity index (χ2v) is 5.90. The third kappa shape index (κ3) is 3.35. The lowest BCUT2D eigenvalue weighted by Gasteiger charge is -2.22. The zero-order chi connectivity index (χ0) is 15.5. The van der Waals surface area contributed by atoms with E-state index in [1.54, 1.807) is 11.9 Å². The maximum absolute atomic E-state index is 12.3. The molecule has 1 aliphatic rings. The Hall–Kier alpha value is -2.04. The molecule has 1 unspecified atom stereocenters. The van der Waals surface area contributed by atoms with E-state index in [0.29, 0.717) is 32.4 Å². The Bertz CT molecular complexity index is 544. The highest BCUT2D eigenvalue weighted by Gasteiger charge is 2.41. The normalized spacial score (nSPS) is 21.3. The number of hydrogen-bond acceptors (Lipinski definition) is 3. The molecular formula is C16H23N3O2. The molecular weight excluding hydrogens is 266 g/mol. The summed E-state index contributed by atoms with van der Waals surface area (Å²) in [4.78, 5) is 25.9. The molecule has 1 aromatic carbocycles. The van der Waals surface area contributed by atoms with Gasteiger partial charge < -0.3 is 16.0 Å². The first kappa shape index (κ1) is 15.4. The Morgan fingerprint density at radius 1 is 1.38 bits per heavy atom. The van der Waals surface area contributed by atoms with E-state index in [4.69, 9.17) is 5.73 Å². The molecule has 0 aromatic heterocycles. The third-order valence-electron chi connectivity index (χ3n) is 4.26. The molecule has 0 aliphatic carbocycles. The van der Waals surface area contributed by atoms with Crippen LogP contribution in [0.2, 0.25) is 0 Å². The van der Waals surface area contributed by atoms with Crippen LogP contribution in [0.5, 0.6) is 0 Å². The van der Waals surface area contributed by atoms with E-state index in [9.17, 15) is 9.59 Å². The number of likely N-dealkylation sites (tertiary alicyclic amines) is 1. The maximum Gasteiger partial charge on any atom is 0.227 e. The van der Waals surface area contributed by atoms with Crippen LogP contribution in [0.1, 0.15) is 25.3 Å². The minimum absolute atomic E-state index is 0.00473. The largest absolute Gasteiger partial charge is 0.399 e.